The summed E-state index contributed by atoms with van der Waals surface area (Å²) < 4.78 is 0. The largest absolute Gasteiger partial charge is 0.330 e. The molecular formula is C9H13Cl3N2. The molecule has 80 valence electrons. The molecule has 0 aliphatic rings. The van der Waals surface area contributed by atoms with Crippen molar-refractivity contribution in [3.63, 3.8) is 0 Å². The molecule has 1 aromatic rings. The topological polar surface area (TPSA) is 52.0 Å². The van der Waals surface area contributed by atoms with Crippen molar-refractivity contribution in [2.24, 2.45) is 11.5 Å². The van der Waals surface area contributed by atoms with Crippen LogP contribution in [-0.4, -0.2) is 6.54 Å². The lowest BCUT2D eigenvalue weighted by Crippen LogP contribution is -2.15. The van der Waals surface area contributed by atoms with Crippen molar-refractivity contribution in [1.29, 1.82) is 0 Å². The third-order valence-corrected chi connectivity index (χ3v) is 2.40. The summed E-state index contributed by atoms with van der Waals surface area (Å²) in [5, 5.41) is 1.22. The SMILES string of the molecule is Cl.NCC[C@@H](N)c1ccc(Cl)cc1Cl. The first kappa shape index (κ1) is 14.0. The maximum Gasteiger partial charge on any atom is 0.0468 e. The zero-order chi connectivity index (χ0) is 9.84. The van der Waals surface area contributed by atoms with Crippen molar-refractivity contribution in [3.8, 4) is 0 Å². The summed E-state index contributed by atoms with van der Waals surface area (Å²) in [4.78, 5) is 0. The van der Waals surface area contributed by atoms with Crippen molar-refractivity contribution < 1.29 is 0 Å². The van der Waals surface area contributed by atoms with E-state index in [4.69, 9.17) is 34.7 Å². The monoisotopic (exact) mass is 254 g/mol. The van der Waals surface area contributed by atoms with Gasteiger partial charge in [-0.25, -0.2) is 0 Å². The van der Waals surface area contributed by atoms with Crippen molar-refractivity contribution >= 4 is 35.6 Å². The molecular weight excluding hydrogens is 242 g/mol. The van der Waals surface area contributed by atoms with Gasteiger partial charge < -0.3 is 11.5 Å². The second kappa shape index (κ2) is 6.49. The van der Waals surface area contributed by atoms with E-state index in [0.29, 0.717) is 16.6 Å². The van der Waals surface area contributed by atoms with E-state index in [1.54, 1.807) is 12.1 Å². The van der Waals surface area contributed by atoms with E-state index in [9.17, 15) is 0 Å². The highest BCUT2D eigenvalue weighted by Gasteiger charge is 2.08. The van der Waals surface area contributed by atoms with Crippen molar-refractivity contribution in [2.75, 3.05) is 6.54 Å². The first-order chi connectivity index (χ1) is 6.15. The zero-order valence-electron chi connectivity index (χ0n) is 7.54. The van der Waals surface area contributed by atoms with E-state index >= 15 is 0 Å². The molecule has 2 nitrogen and oxygen atoms in total. The van der Waals surface area contributed by atoms with Gasteiger partial charge in [-0.05, 0) is 30.7 Å². The highest BCUT2D eigenvalue weighted by Crippen LogP contribution is 2.26. The van der Waals surface area contributed by atoms with Crippen LogP contribution in [0.5, 0.6) is 0 Å². The van der Waals surface area contributed by atoms with Gasteiger partial charge in [0.05, 0.1) is 0 Å². The second-order valence-electron chi connectivity index (χ2n) is 2.85. The molecule has 5 heteroatoms. The minimum Gasteiger partial charge on any atom is -0.330 e. The van der Waals surface area contributed by atoms with Crippen molar-refractivity contribution in [3.05, 3.63) is 33.8 Å². The van der Waals surface area contributed by atoms with Crippen LogP contribution in [0.1, 0.15) is 18.0 Å². The predicted octanol–water partition coefficient (Wildman–Crippen LogP) is 2.76. The molecule has 0 amide bonds. The Kier molecular flexibility index (Phi) is 6.49. The fraction of sp³-hybridized carbons (Fsp3) is 0.333. The maximum atomic E-state index is 5.95. The zero-order valence-corrected chi connectivity index (χ0v) is 9.87. The Morgan fingerprint density at radius 1 is 1.29 bits per heavy atom. The van der Waals surface area contributed by atoms with Crippen LogP contribution in [0, 0.1) is 0 Å². The van der Waals surface area contributed by atoms with E-state index in [1.807, 2.05) is 6.07 Å². The lowest BCUT2D eigenvalue weighted by atomic mass is 10.1. The molecule has 0 aromatic heterocycles. The average molecular weight is 256 g/mol. The Bertz CT molecular complexity index is 291. The van der Waals surface area contributed by atoms with E-state index in [0.717, 1.165) is 12.0 Å². The summed E-state index contributed by atoms with van der Waals surface area (Å²) in [6.07, 6.45) is 0.724. The smallest absolute Gasteiger partial charge is 0.0468 e. The van der Waals surface area contributed by atoms with E-state index < -0.39 is 0 Å². The van der Waals surface area contributed by atoms with Crippen LogP contribution in [0.2, 0.25) is 10.0 Å². The first-order valence-electron chi connectivity index (χ1n) is 4.05. The highest BCUT2D eigenvalue weighted by molar-refractivity contribution is 6.35. The number of nitrogens with two attached hydrogens (primary N) is 2. The van der Waals surface area contributed by atoms with Gasteiger partial charge in [-0.2, -0.15) is 0 Å². The third-order valence-electron chi connectivity index (χ3n) is 1.84. The average Bonchev–Trinajstić information content (AvgIpc) is 2.04. The second-order valence-corrected chi connectivity index (χ2v) is 3.69. The molecule has 0 aliphatic heterocycles. The maximum absolute atomic E-state index is 5.95. The van der Waals surface area contributed by atoms with Gasteiger partial charge in [0, 0.05) is 16.1 Å². The summed E-state index contributed by atoms with van der Waals surface area (Å²) in [7, 11) is 0. The number of hydrogen-bond acceptors (Lipinski definition) is 2. The standard InChI is InChI=1S/C9H12Cl2N2.ClH/c10-6-1-2-7(8(11)5-6)9(13)3-4-12;/h1-2,5,9H,3-4,12-13H2;1H/t9-;/m1./s1. The molecule has 1 rings (SSSR count). The number of benzene rings is 1. The fourth-order valence-corrected chi connectivity index (χ4v) is 1.69. The van der Waals surface area contributed by atoms with Gasteiger partial charge in [-0.3, -0.25) is 0 Å². The molecule has 0 unspecified atom stereocenters. The Morgan fingerprint density at radius 3 is 2.43 bits per heavy atom. The molecule has 4 N–H and O–H groups in total. The van der Waals surface area contributed by atoms with E-state index in [2.05, 4.69) is 0 Å². The van der Waals surface area contributed by atoms with E-state index in [1.165, 1.54) is 0 Å². The minimum absolute atomic E-state index is 0. The molecule has 14 heavy (non-hydrogen) atoms. The van der Waals surface area contributed by atoms with Gasteiger partial charge >= 0.3 is 0 Å². The van der Waals surface area contributed by atoms with Gasteiger partial charge in [-0.15, -0.1) is 12.4 Å². The van der Waals surface area contributed by atoms with Gasteiger partial charge in [0.25, 0.3) is 0 Å². The summed E-state index contributed by atoms with van der Waals surface area (Å²) in [6.45, 7) is 0.556. The Hall–Kier alpha value is 0.01000. The van der Waals surface area contributed by atoms with Gasteiger partial charge in [-0.1, -0.05) is 29.3 Å². The van der Waals surface area contributed by atoms with Crippen LogP contribution in [0.15, 0.2) is 18.2 Å². The van der Waals surface area contributed by atoms with Crippen LogP contribution in [-0.2, 0) is 0 Å². The predicted molar refractivity (Wildman–Crippen MR) is 64.3 cm³/mol. The summed E-state index contributed by atoms with van der Waals surface area (Å²) in [5.41, 5.74) is 12.1. The quantitative estimate of drug-likeness (QED) is 0.873. The lowest BCUT2D eigenvalue weighted by molar-refractivity contribution is 0.661. The van der Waals surface area contributed by atoms with Gasteiger partial charge in [0.1, 0.15) is 0 Å². The molecule has 0 radical (unpaired) electrons. The molecule has 0 aliphatic carbocycles. The lowest BCUT2D eigenvalue weighted by Gasteiger charge is -2.12. The number of hydrogen-bond donors (Lipinski definition) is 2. The van der Waals surface area contributed by atoms with E-state index in [-0.39, 0.29) is 18.4 Å². The summed E-state index contributed by atoms with van der Waals surface area (Å²) in [5.74, 6) is 0. The van der Waals surface area contributed by atoms with Crippen LogP contribution in [0.4, 0.5) is 0 Å². The minimum atomic E-state index is -0.102. The number of rotatable bonds is 3. The summed E-state index contributed by atoms with van der Waals surface area (Å²) >= 11 is 11.7. The molecule has 0 saturated heterocycles. The molecule has 0 bridgehead atoms. The van der Waals surface area contributed by atoms with Crippen LogP contribution >= 0.6 is 35.6 Å². The Morgan fingerprint density at radius 2 is 1.93 bits per heavy atom. The molecule has 0 fully saturated rings. The van der Waals surface area contributed by atoms with Crippen LogP contribution < -0.4 is 11.5 Å². The molecule has 0 spiro atoms. The summed E-state index contributed by atoms with van der Waals surface area (Å²) in [6, 6.07) is 5.20. The van der Waals surface area contributed by atoms with Gasteiger partial charge in [0.15, 0.2) is 0 Å². The molecule has 0 heterocycles. The van der Waals surface area contributed by atoms with Crippen LogP contribution in [0.25, 0.3) is 0 Å². The molecule has 1 atom stereocenters. The van der Waals surface area contributed by atoms with Crippen molar-refractivity contribution in [1.82, 2.24) is 0 Å². The first-order valence-corrected chi connectivity index (χ1v) is 4.81. The normalized spacial score (nSPS) is 12.0. The highest BCUT2D eigenvalue weighted by atomic mass is 35.5. The molecule has 0 saturated carbocycles. The van der Waals surface area contributed by atoms with Crippen LogP contribution in [0.3, 0.4) is 0 Å². The number of halogens is 3. The third kappa shape index (κ3) is 3.64. The Balaban J connectivity index is 0.00000169. The van der Waals surface area contributed by atoms with Crippen molar-refractivity contribution in [2.45, 2.75) is 12.5 Å². The van der Waals surface area contributed by atoms with Gasteiger partial charge in [0.2, 0.25) is 0 Å². The Labute approximate surface area is 100.0 Å². The fourth-order valence-electron chi connectivity index (χ4n) is 1.14. The molecule has 1 aromatic carbocycles.